The molecule has 3 aliphatic rings. The highest BCUT2D eigenvalue weighted by Crippen LogP contribution is 2.32. The molecule has 6 rings (SSSR count). The van der Waals surface area contributed by atoms with Crippen molar-refractivity contribution in [2.24, 2.45) is 4.99 Å². The van der Waals surface area contributed by atoms with E-state index in [1.807, 2.05) is 77.7 Å². The van der Waals surface area contributed by atoms with Crippen molar-refractivity contribution < 1.29 is 4.79 Å². The van der Waals surface area contributed by atoms with Crippen molar-refractivity contribution in [3.05, 3.63) is 84.7 Å². The molecule has 0 radical (unpaired) electrons. The Kier molecular flexibility index (Phi) is 6.65. The van der Waals surface area contributed by atoms with Gasteiger partial charge in [0.2, 0.25) is 11.1 Å². The van der Waals surface area contributed by atoms with E-state index in [0.29, 0.717) is 18.2 Å². The fourth-order valence-corrected chi connectivity index (χ4v) is 5.67. The van der Waals surface area contributed by atoms with Crippen molar-refractivity contribution >= 4 is 24.0 Å². The summed E-state index contributed by atoms with van der Waals surface area (Å²) in [5, 5.41) is 11.4. The van der Waals surface area contributed by atoms with E-state index in [0.717, 1.165) is 41.4 Å². The van der Waals surface area contributed by atoms with E-state index in [2.05, 4.69) is 43.5 Å². The third-order valence-electron chi connectivity index (χ3n) is 7.08. The molecule has 192 valence electrons. The lowest BCUT2D eigenvalue weighted by Crippen LogP contribution is -2.64. The Hall–Kier alpha value is -4.02. The van der Waals surface area contributed by atoms with Gasteiger partial charge >= 0.3 is 0 Å². The Morgan fingerprint density at radius 2 is 1.63 bits per heavy atom. The van der Waals surface area contributed by atoms with E-state index in [1.54, 1.807) is 6.34 Å². The van der Waals surface area contributed by atoms with Crippen molar-refractivity contribution in [1.29, 1.82) is 0 Å². The number of benzene rings is 2. The van der Waals surface area contributed by atoms with Crippen molar-refractivity contribution in [2.45, 2.75) is 17.7 Å². The average Bonchev–Trinajstić information content (AvgIpc) is 3.48. The number of carbonyl (C=O) groups is 1. The molecule has 0 aliphatic carbocycles. The van der Waals surface area contributed by atoms with Gasteiger partial charge in [0.15, 0.2) is 5.82 Å². The summed E-state index contributed by atoms with van der Waals surface area (Å²) in [5.41, 5.74) is 6.30. The minimum Gasteiger partial charge on any atom is -0.339 e. The summed E-state index contributed by atoms with van der Waals surface area (Å²) in [5.74, 6) is 1.25. The number of thioether (sulfide) groups is 1. The molecule has 10 heteroatoms. The summed E-state index contributed by atoms with van der Waals surface area (Å²) in [6.45, 7) is 5.03. The summed E-state index contributed by atoms with van der Waals surface area (Å²) >= 11 is 1.33. The van der Waals surface area contributed by atoms with Gasteiger partial charge in [-0.05, 0) is 19.1 Å². The van der Waals surface area contributed by atoms with Crippen LogP contribution in [-0.2, 0) is 4.79 Å². The van der Waals surface area contributed by atoms with E-state index in [1.165, 1.54) is 11.8 Å². The summed E-state index contributed by atoms with van der Waals surface area (Å²) in [4.78, 5) is 26.6. The van der Waals surface area contributed by atoms with Gasteiger partial charge in [0.05, 0.1) is 5.75 Å². The minimum atomic E-state index is -0.335. The van der Waals surface area contributed by atoms with Gasteiger partial charge in [-0.25, -0.2) is 15.0 Å². The van der Waals surface area contributed by atoms with Gasteiger partial charge in [-0.1, -0.05) is 78.5 Å². The Morgan fingerprint density at radius 1 is 0.947 bits per heavy atom. The Bertz CT molecular complexity index is 1400. The fourth-order valence-electron chi connectivity index (χ4n) is 4.98. The lowest BCUT2D eigenvalue weighted by atomic mass is 10.0. The maximum atomic E-state index is 13.1. The highest BCUT2D eigenvalue weighted by molar-refractivity contribution is 7.99. The molecule has 1 amide bonds. The molecule has 3 aliphatic heterocycles. The number of nitrogens with one attached hydrogen (secondary N) is 1. The highest BCUT2D eigenvalue weighted by atomic mass is 32.2. The summed E-state index contributed by atoms with van der Waals surface area (Å²) < 4.78 is 0. The van der Waals surface area contributed by atoms with Gasteiger partial charge in [0, 0.05) is 37.3 Å². The van der Waals surface area contributed by atoms with Crippen LogP contribution >= 0.6 is 11.8 Å². The molecular formula is C28H28N8OS. The molecule has 3 aromatic rings. The molecule has 9 nitrogen and oxygen atoms in total. The van der Waals surface area contributed by atoms with Crippen molar-refractivity contribution in [2.75, 3.05) is 31.9 Å². The van der Waals surface area contributed by atoms with Gasteiger partial charge in [-0.15, -0.1) is 10.2 Å². The maximum absolute atomic E-state index is 13.1. The number of aliphatic imine (C=N–C) groups is 1. The number of fused-ring (bicyclic) bond motifs is 1. The number of amides is 1. The van der Waals surface area contributed by atoms with Crippen molar-refractivity contribution in [3.63, 3.8) is 0 Å². The topological polar surface area (TPSA) is 89.8 Å². The van der Waals surface area contributed by atoms with Crippen LogP contribution in [0, 0.1) is 0 Å². The number of hydrogen-bond donors (Lipinski definition) is 1. The van der Waals surface area contributed by atoms with E-state index in [-0.39, 0.29) is 17.3 Å². The first-order valence-corrected chi connectivity index (χ1v) is 13.6. The van der Waals surface area contributed by atoms with Crippen LogP contribution in [-0.4, -0.2) is 79.8 Å². The van der Waals surface area contributed by atoms with Crippen LogP contribution in [0.1, 0.15) is 6.92 Å². The monoisotopic (exact) mass is 524 g/mol. The van der Waals surface area contributed by atoms with E-state index >= 15 is 0 Å². The smallest absolute Gasteiger partial charge is 0.233 e. The van der Waals surface area contributed by atoms with E-state index < -0.39 is 0 Å². The van der Waals surface area contributed by atoms with Crippen LogP contribution < -0.4 is 5.43 Å². The van der Waals surface area contributed by atoms with Crippen molar-refractivity contribution in [3.8, 4) is 22.5 Å². The lowest BCUT2D eigenvalue weighted by molar-refractivity contribution is -0.132. The summed E-state index contributed by atoms with van der Waals surface area (Å²) in [6.07, 6.45) is 7.91. The van der Waals surface area contributed by atoms with Crippen LogP contribution in [0.2, 0.25) is 0 Å². The fraction of sp³-hybridized carbons (Fsp3) is 0.250. The third kappa shape index (κ3) is 4.68. The number of nitrogens with zero attached hydrogens (tertiary/aromatic N) is 7. The predicted octanol–water partition coefficient (Wildman–Crippen LogP) is 3.42. The average molecular weight is 525 g/mol. The first-order chi connectivity index (χ1) is 18.6. The molecule has 0 saturated carbocycles. The number of allylic oxidation sites excluding steroid dienone is 2. The van der Waals surface area contributed by atoms with Crippen molar-refractivity contribution in [1.82, 2.24) is 35.4 Å². The van der Waals surface area contributed by atoms with Crippen LogP contribution in [0.5, 0.6) is 0 Å². The van der Waals surface area contributed by atoms with Crippen LogP contribution in [0.25, 0.3) is 22.5 Å². The van der Waals surface area contributed by atoms with Gasteiger partial charge < -0.3 is 4.90 Å². The van der Waals surface area contributed by atoms with Gasteiger partial charge in [0.1, 0.15) is 23.4 Å². The van der Waals surface area contributed by atoms with Crippen LogP contribution in [0.4, 0.5) is 0 Å². The van der Waals surface area contributed by atoms with Crippen LogP contribution in [0.15, 0.2) is 94.9 Å². The Morgan fingerprint density at radius 3 is 2.34 bits per heavy atom. The quantitative estimate of drug-likeness (QED) is 0.491. The molecule has 2 aromatic carbocycles. The SMILES string of the molecule is CC1(N2CCN(C(=O)CSc3nnc(-c4ccccc4)c(-c4ccccc4)n3)CC2)C=CC=C2N=CNN21. The zero-order valence-corrected chi connectivity index (χ0v) is 21.9. The first-order valence-electron chi connectivity index (χ1n) is 12.6. The molecule has 0 bridgehead atoms. The van der Waals surface area contributed by atoms with Gasteiger partial charge in [0.25, 0.3) is 0 Å². The van der Waals surface area contributed by atoms with Crippen LogP contribution in [0.3, 0.4) is 0 Å². The van der Waals surface area contributed by atoms with E-state index in [4.69, 9.17) is 4.98 Å². The van der Waals surface area contributed by atoms with E-state index in [9.17, 15) is 4.79 Å². The highest BCUT2D eigenvalue weighted by Gasteiger charge is 2.41. The summed E-state index contributed by atoms with van der Waals surface area (Å²) in [7, 11) is 0. The molecular weight excluding hydrogens is 496 g/mol. The largest absolute Gasteiger partial charge is 0.339 e. The summed E-state index contributed by atoms with van der Waals surface area (Å²) in [6, 6.07) is 19.9. The molecule has 1 atom stereocenters. The minimum absolute atomic E-state index is 0.0826. The van der Waals surface area contributed by atoms with Gasteiger partial charge in [-0.3, -0.25) is 15.1 Å². The maximum Gasteiger partial charge on any atom is 0.233 e. The third-order valence-corrected chi connectivity index (χ3v) is 7.90. The molecule has 0 spiro atoms. The number of piperazine rings is 1. The molecule has 1 N–H and O–H groups in total. The molecule has 1 unspecified atom stereocenters. The number of rotatable bonds is 6. The standard InChI is InChI=1S/C28H28N8OS/c1-28(14-8-13-23-29-20-30-36(23)28)35-17-15-34(16-18-35)24(37)19-38-27-31-25(21-9-4-2-5-10-21)26(32-33-27)22-11-6-3-7-12-22/h2-14,20H,15-19H2,1H3,(H,29,30). The Labute approximate surface area is 225 Å². The second-order valence-corrected chi connectivity index (χ2v) is 10.3. The molecule has 1 aromatic heterocycles. The second kappa shape index (κ2) is 10.4. The number of aromatic nitrogens is 3. The number of hydrogen-bond acceptors (Lipinski definition) is 9. The zero-order chi connectivity index (χ0) is 26.0. The number of carbonyl (C=O) groups excluding carboxylic acids is 1. The molecule has 1 saturated heterocycles. The zero-order valence-electron chi connectivity index (χ0n) is 21.1. The number of hydrazine groups is 1. The normalized spacial score (nSPS) is 20.7. The Balaban J connectivity index is 1.11. The lowest BCUT2D eigenvalue weighted by Gasteiger charge is -2.49. The molecule has 4 heterocycles. The first kappa shape index (κ1) is 24.3. The predicted molar refractivity (Wildman–Crippen MR) is 149 cm³/mol. The van der Waals surface area contributed by atoms with Gasteiger partial charge in [-0.2, -0.15) is 0 Å². The molecule has 38 heavy (non-hydrogen) atoms. The molecule has 1 fully saturated rings. The second-order valence-electron chi connectivity index (χ2n) is 9.38.